The van der Waals surface area contributed by atoms with Crippen molar-refractivity contribution in [2.75, 3.05) is 6.54 Å². The van der Waals surface area contributed by atoms with Crippen molar-refractivity contribution in [2.24, 2.45) is 5.41 Å². The van der Waals surface area contributed by atoms with Gasteiger partial charge >= 0.3 is 0 Å². The molecule has 0 N–H and O–H groups in total. The number of unbranched alkanes of at least 4 members (excludes halogenated alkanes) is 1. The van der Waals surface area contributed by atoms with Gasteiger partial charge in [-0.05, 0) is 24.7 Å². The van der Waals surface area contributed by atoms with Crippen molar-refractivity contribution >= 4 is 5.91 Å². The minimum atomic E-state index is -0.0277. The Morgan fingerprint density at radius 2 is 2.00 bits per heavy atom. The van der Waals surface area contributed by atoms with E-state index in [0.29, 0.717) is 0 Å². The number of carbonyl (C=O) groups is 1. The van der Waals surface area contributed by atoms with Gasteiger partial charge in [-0.2, -0.15) is 0 Å². The highest BCUT2D eigenvalue weighted by molar-refractivity contribution is 5.95. The standard InChI is InChI=1S/C16H27NO2/c1-5-7-8-14-17(9-6-2)15(18)12-10-16(3,4)11-13(12)19-14/h14H,5-11H2,1-4H3. The molecule has 0 radical (unpaired) electrons. The zero-order valence-electron chi connectivity index (χ0n) is 12.8. The second-order valence-electron chi connectivity index (χ2n) is 6.63. The number of carbonyl (C=O) groups excluding carboxylic acids is 1. The number of ether oxygens (including phenoxy) is 1. The predicted octanol–water partition coefficient (Wildman–Crippen LogP) is 3.85. The topological polar surface area (TPSA) is 29.5 Å². The molecular weight excluding hydrogens is 238 g/mol. The van der Waals surface area contributed by atoms with E-state index in [1.54, 1.807) is 0 Å². The molecule has 0 aromatic carbocycles. The fourth-order valence-electron chi connectivity index (χ4n) is 3.10. The molecule has 1 atom stereocenters. The maximum absolute atomic E-state index is 12.6. The molecule has 0 fully saturated rings. The first-order valence-corrected chi connectivity index (χ1v) is 7.68. The summed E-state index contributed by atoms with van der Waals surface area (Å²) in [4.78, 5) is 14.6. The fraction of sp³-hybridized carbons (Fsp3) is 0.812. The van der Waals surface area contributed by atoms with E-state index in [1.165, 1.54) is 0 Å². The maximum atomic E-state index is 12.6. The lowest BCUT2D eigenvalue weighted by Crippen LogP contribution is -2.46. The summed E-state index contributed by atoms with van der Waals surface area (Å²) in [5.74, 6) is 1.21. The van der Waals surface area contributed by atoms with E-state index < -0.39 is 0 Å². The van der Waals surface area contributed by atoms with Gasteiger partial charge in [0.2, 0.25) is 0 Å². The summed E-state index contributed by atoms with van der Waals surface area (Å²) in [6.45, 7) is 9.54. The third kappa shape index (κ3) is 2.96. The van der Waals surface area contributed by atoms with Crippen molar-refractivity contribution in [3.05, 3.63) is 11.3 Å². The number of allylic oxidation sites excluding steroid dienone is 1. The van der Waals surface area contributed by atoms with Crippen LogP contribution in [0.25, 0.3) is 0 Å². The number of hydrogen-bond acceptors (Lipinski definition) is 2. The summed E-state index contributed by atoms with van der Waals surface area (Å²) in [5.41, 5.74) is 1.11. The summed E-state index contributed by atoms with van der Waals surface area (Å²) < 4.78 is 6.17. The normalized spacial score (nSPS) is 25.6. The summed E-state index contributed by atoms with van der Waals surface area (Å²) in [6.07, 6.45) is 5.96. The number of nitrogens with zero attached hydrogens (tertiary/aromatic N) is 1. The van der Waals surface area contributed by atoms with Crippen LogP contribution < -0.4 is 0 Å². The van der Waals surface area contributed by atoms with Crippen LogP contribution in [0, 0.1) is 5.41 Å². The Hall–Kier alpha value is -0.990. The lowest BCUT2D eigenvalue weighted by atomic mass is 9.89. The molecule has 2 rings (SSSR count). The fourth-order valence-corrected chi connectivity index (χ4v) is 3.10. The number of hydrogen-bond donors (Lipinski definition) is 0. The van der Waals surface area contributed by atoms with Crippen LogP contribution in [0.2, 0.25) is 0 Å². The van der Waals surface area contributed by atoms with Crippen molar-refractivity contribution in [3.63, 3.8) is 0 Å². The Morgan fingerprint density at radius 3 is 2.63 bits per heavy atom. The van der Waals surface area contributed by atoms with E-state index >= 15 is 0 Å². The van der Waals surface area contributed by atoms with E-state index in [4.69, 9.17) is 4.74 Å². The van der Waals surface area contributed by atoms with Gasteiger partial charge in [0.05, 0.1) is 5.57 Å². The zero-order valence-corrected chi connectivity index (χ0v) is 12.8. The smallest absolute Gasteiger partial charge is 0.256 e. The minimum absolute atomic E-state index is 0.0277. The van der Waals surface area contributed by atoms with Gasteiger partial charge in [0.15, 0.2) is 6.23 Å². The third-order valence-corrected chi connectivity index (χ3v) is 4.05. The van der Waals surface area contributed by atoms with Crippen molar-refractivity contribution in [2.45, 2.75) is 72.4 Å². The summed E-state index contributed by atoms with van der Waals surface area (Å²) >= 11 is 0. The number of amides is 1. The molecule has 0 aromatic heterocycles. The molecule has 1 amide bonds. The Kier molecular flexibility index (Phi) is 4.22. The first-order valence-electron chi connectivity index (χ1n) is 7.68. The molecule has 0 bridgehead atoms. The van der Waals surface area contributed by atoms with Gasteiger partial charge in [0.25, 0.3) is 5.91 Å². The van der Waals surface area contributed by atoms with Crippen LogP contribution in [0.1, 0.15) is 66.2 Å². The summed E-state index contributed by atoms with van der Waals surface area (Å²) in [6, 6.07) is 0. The minimum Gasteiger partial charge on any atom is -0.474 e. The molecule has 108 valence electrons. The van der Waals surface area contributed by atoms with E-state index in [-0.39, 0.29) is 17.6 Å². The Labute approximate surface area is 117 Å². The van der Waals surface area contributed by atoms with Crippen LogP contribution in [0.4, 0.5) is 0 Å². The van der Waals surface area contributed by atoms with Crippen LogP contribution in [-0.2, 0) is 9.53 Å². The summed E-state index contributed by atoms with van der Waals surface area (Å²) in [7, 11) is 0. The van der Waals surface area contributed by atoms with Crippen molar-refractivity contribution in [3.8, 4) is 0 Å². The molecule has 19 heavy (non-hydrogen) atoms. The molecule has 1 aliphatic carbocycles. The lowest BCUT2D eigenvalue weighted by molar-refractivity contribution is -0.144. The molecule has 0 aromatic rings. The molecule has 0 saturated heterocycles. The number of rotatable bonds is 5. The monoisotopic (exact) mass is 265 g/mol. The van der Waals surface area contributed by atoms with Crippen LogP contribution in [0.3, 0.4) is 0 Å². The average Bonchev–Trinajstić information content (AvgIpc) is 2.66. The lowest BCUT2D eigenvalue weighted by Gasteiger charge is -2.36. The SMILES string of the molecule is CCCCC1OC2=C(CC(C)(C)C2)C(=O)N1CCC. The summed E-state index contributed by atoms with van der Waals surface area (Å²) in [5, 5.41) is 0. The van der Waals surface area contributed by atoms with E-state index in [9.17, 15) is 4.79 Å². The first-order chi connectivity index (χ1) is 8.98. The highest BCUT2D eigenvalue weighted by atomic mass is 16.5. The van der Waals surface area contributed by atoms with Gasteiger partial charge in [0, 0.05) is 19.4 Å². The van der Waals surface area contributed by atoms with Gasteiger partial charge in [-0.3, -0.25) is 4.79 Å². The molecule has 1 heterocycles. The van der Waals surface area contributed by atoms with E-state index in [0.717, 1.165) is 56.4 Å². The molecular formula is C16H27NO2. The van der Waals surface area contributed by atoms with Gasteiger partial charge in [0.1, 0.15) is 5.76 Å². The van der Waals surface area contributed by atoms with E-state index in [2.05, 4.69) is 27.7 Å². The highest BCUT2D eigenvalue weighted by Gasteiger charge is 2.42. The predicted molar refractivity (Wildman–Crippen MR) is 76.4 cm³/mol. The molecule has 3 nitrogen and oxygen atoms in total. The second kappa shape index (κ2) is 5.56. The first kappa shape index (κ1) is 14.4. The zero-order chi connectivity index (χ0) is 14.0. The van der Waals surface area contributed by atoms with Crippen LogP contribution >= 0.6 is 0 Å². The van der Waals surface area contributed by atoms with Gasteiger partial charge < -0.3 is 9.64 Å². The van der Waals surface area contributed by atoms with Gasteiger partial charge in [-0.15, -0.1) is 0 Å². The molecule has 1 aliphatic heterocycles. The third-order valence-electron chi connectivity index (χ3n) is 4.05. The molecule has 0 spiro atoms. The van der Waals surface area contributed by atoms with Crippen LogP contribution in [0.5, 0.6) is 0 Å². The largest absolute Gasteiger partial charge is 0.474 e. The van der Waals surface area contributed by atoms with Gasteiger partial charge in [-0.1, -0.05) is 34.1 Å². The highest BCUT2D eigenvalue weighted by Crippen LogP contribution is 2.45. The van der Waals surface area contributed by atoms with E-state index in [1.807, 2.05) is 4.90 Å². The van der Waals surface area contributed by atoms with Crippen molar-refractivity contribution < 1.29 is 9.53 Å². The molecule has 3 heteroatoms. The van der Waals surface area contributed by atoms with Crippen LogP contribution in [-0.4, -0.2) is 23.6 Å². The molecule has 2 aliphatic rings. The Balaban J connectivity index is 2.17. The Bertz CT molecular complexity index is 384. The molecule has 0 saturated carbocycles. The van der Waals surface area contributed by atoms with Crippen molar-refractivity contribution in [1.29, 1.82) is 0 Å². The van der Waals surface area contributed by atoms with Gasteiger partial charge in [-0.25, -0.2) is 0 Å². The Morgan fingerprint density at radius 1 is 1.26 bits per heavy atom. The average molecular weight is 265 g/mol. The second-order valence-corrected chi connectivity index (χ2v) is 6.63. The molecule has 1 unspecified atom stereocenters. The maximum Gasteiger partial charge on any atom is 0.256 e. The quantitative estimate of drug-likeness (QED) is 0.755. The van der Waals surface area contributed by atoms with Crippen molar-refractivity contribution in [1.82, 2.24) is 4.90 Å². The van der Waals surface area contributed by atoms with Crippen LogP contribution in [0.15, 0.2) is 11.3 Å².